The Labute approximate surface area is 196 Å². The van der Waals surface area contributed by atoms with E-state index in [0.717, 1.165) is 30.3 Å². The van der Waals surface area contributed by atoms with Gasteiger partial charge in [0.15, 0.2) is 11.8 Å². The summed E-state index contributed by atoms with van der Waals surface area (Å²) < 4.78 is 50.6. The van der Waals surface area contributed by atoms with E-state index in [1.165, 1.54) is 5.57 Å². The van der Waals surface area contributed by atoms with Gasteiger partial charge in [-0.15, -0.1) is 0 Å². The van der Waals surface area contributed by atoms with E-state index in [2.05, 4.69) is 28.8 Å². The number of alkyl halides is 3. The Hall–Kier alpha value is -2.56. The Morgan fingerprint density at radius 3 is 2.56 bits per heavy atom. The number of aliphatic hydroxyl groups is 2. The summed E-state index contributed by atoms with van der Waals surface area (Å²) in [6.45, 7) is 8.04. The van der Waals surface area contributed by atoms with Gasteiger partial charge in [0, 0.05) is 17.5 Å². The molecule has 4 unspecified atom stereocenters. The largest absolute Gasteiger partial charge is 0.467 e. The number of hydrogen-bond acceptors (Lipinski definition) is 7. The lowest BCUT2D eigenvalue weighted by molar-refractivity contribution is -0.182. The summed E-state index contributed by atoms with van der Waals surface area (Å²) in [5, 5.41) is 20.8. The van der Waals surface area contributed by atoms with Gasteiger partial charge in [-0.3, -0.25) is 9.97 Å². The van der Waals surface area contributed by atoms with Crippen LogP contribution >= 0.6 is 0 Å². The summed E-state index contributed by atoms with van der Waals surface area (Å²) in [6, 6.07) is 1.74. The molecule has 0 amide bonds. The third-order valence-corrected chi connectivity index (χ3v) is 5.77. The monoisotopic (exact) mass is 481 g/mol. The zero-order valence-corrected chi connectivity index (χ0v) is 19.6. The van der Waals surface area contributed by atoms with Gasteiger partial charge in [-0.25, -0.2) is 4.98 Å². The van der Waals surface area contributed by atoms with Crippen LogP contribution in [0.4, 0.5) is 13.2 Å². The Bertz CT molecular complexity index is 1010. The summed E-state index contributed by atoms with van der Waals surface area (Å²) >= 11 is 0. The number of fused-ring (bicyclic) bond motifs is 1. The minimum atomic E-state index is -4.70. The molecule has 0 radical (unpaired) electrons. The van der Waals surface area contributed by atoms with Crippen molar-refractivity contribution in [3.8, 4) is 5.88 Å². The maximum atomic E-state index is 13.0. The van der Waals surface area contributed by atoms with E-state index in [9.17, 15) is 23.4 Å². The Morgan fingerprint density at radius 1 is 1.15 bits per heavy atom. The van der Waals surface area contributed by atoms with Crippen LogP contribution in [0.15, 0.2) is 30.2 Å². The van der Waals surface area contributed by atoms with E-state index >= 15 is 0 Å². The van der Waals surface area contributed by atoms with E-state index in [1.807, 2.05) is 19.9 Å². The molecule has 1 saturated heterocycles. The molecule has 0 bridgehead atoms. The second-order valence-corrected chi connectivity index (χ2v) is 8.27. The lowest BCUT2D eigenvalue weighted by Crippen LogP contribution is -2.52. The average Bonchev–Trinajstić information content (AvgIpc) is 2.82. The number of halogens is 3. The highest BCUT2D eigenvalue weighted by Crippen LogP contribution is 2.38. The van der Waals surface area contributed by atoms with Crippen molar-refractivity contribution in [1.82, 2.24) is 15.0 Å². The standard InChI is InChI=1S/C22H24F3N3O4.C2H6/c1-11(2)12-3-4-15-14(7-12)13(5-6-27-15)20-21(19(30)16(29)10-31-20)32-18-9-26-8-17(28-18)22(23,24)25;1-2/h5-9,11,16,19-21,29-30H,3-4,10H2,1-2H3;1-2H3. The number of allylic oxidation sites excluding steroid dienone is 1. The maximum absolute atomic E-state index is 13.0. The van der Waals surface area contributed by atoms with E-state index in [0.29, 0.717) is 17.7 Å². The van der Waals surface area contributed by atoms with Crippen molar-refractivity contribution < 1.29 is 32.9 Å². The number of hydrogen-bond donors (Lipinski definition) is 2. The molecule has 10 heteroatoms. The van der Waals surface area contributed by atoms with Gasteiger partial charge in [0.05, 0.1) is 19.0 Å². The van der Waals surface area contributed by atoms with Gasteiger partial charge in [0.1, 0.15) is 18.3 Å². The molecule has 3 heterocycles. The van der Waals surface area contributed by atoms with Gasteiger partial charge in [-0.1, -0.05) is 39.3 Å². The number of ether oxygens (including phenoxy) is 2. The fraction of sp³-hybridized carbons (Fsp3) is 0.542. The molecule has 2 aromatic rings. The summed E-state index contributed by atoms with van der Waals surface area (Å²) in [5.74, 6) is -0.0868. The lowest BCUT2D eigenvalue weighted by Gasteiger charge is -2.39. The highest BCUT2D eigenvalue weighted by atomic mass is 19.4. The quantitative estimate of drug-likeness (QED) is 0.677. The van der Waals surface area contributed by atoms with Crippen LogP contribution in [0.25, 0.3) is 6.08 Å². The van der Waals surface area contributed by atoms with Crippen molar-refractivity contribution in [3.05, 3.63) is 52.7 Å². The number of aliphatic hydroxyl groups excluding tert-OH is 2. The molecule has 7 nitrogen and oxygen atoms in total. The van der Waals surface area contributed by atoms with Crippen LogP contribution in [-0.4, -0.2) is 50.1 Å². The average molecular weight is 482 g/mol. The summed E-state index contributed by atoms with van der Waals surface area (Å²) in [7, 11) is 0. The first-order valence-corrected chi connectivity index (χ1v) is 11.4. The predicted molar refractivity (Wildman–Crippen MR) is 119 cm³/mol. The second kappa shape index (κ2) is 10.8. The SMILES string of the molecule is CC.CC(C)C1=Cc2c(C3OCC(O)C(O)C3Oc3cncc(C(F)(F)F)n3)ccnc2CC1. The zero-order valence-electron chi connectivity index (χ0n) is 19.6. The molecule has 1 fully saturated rings. The van der Waals surface area contributed by atoms with Gasteiger partial charge >= 0.3 is 6.18 Å². The summed E-state index contributed by atoms with van der Waals surface area (Å²) in [4.78, 5) is 11.5. The molecule has 2 aliphatic rings. The number of aryl methyl sites for hydroxylation is 1. The zero-order chi connectivity index (χ0) is 25.0. The van der Waals surface area contributed by atoms with E-state index in [4.69, 9.17) is 9.47 Å². The maximum Gasteiger partial charge on any atom is 0.435 e. The van der Waals surface area contributed by atoms with Crippen molar-refractivity contribution >= 4 is 6.08 Å². The highest BCUT2D eigenvalue weighted by Gasteiger charge is 2.43. The Kier molecular flexibility index (Phi) is 8.27. The first kappa shape index (κ1) is 26.1. The minimum Gasteiger partial charge on any atom is -0.467 e. The van der Waals surface area contributed by atoms with Gasteiger partial charge in [0.2, 0.25) is 5.88 Å². The summed E-state index contributed by atoms with van der Waals surface area (Å²) in [5.41, 5.74) is 2.42. The minimum absolute atomic E-state index is 0.155. The fourth-order valence-electron chi connectivity index (χ4n) is 4.00. The molecule has 0 spiro atoms. The van der Waals surface area contributed by atoms with Crippen LogP contribution in [0.3, 0.4) is 0 Å². The number of aromatic nitrogens is 3. The van der Waals surface area contributed by atoms with E-state index in [1.54, 1.807) is 12.3 Å². The van der Waals surface area contributed by atoms with Crippen molar-refractivity contribution in [2.75, 3.05) is 6.61 Å². The normalized spacial score (nSPS) is 24.6. The van der Waals surface area contributed by atoms with Crippen LogP contribution in [0.1, 0.15) is 62.7 Å². The van der Waals surface area contributed by atoms with Gasteiger partial charge in [0.25, 0.3) is 0 Å². The molecule has 1 aliphatic heterocycles. The van der Waals surface area contributed by atoms with Gasteiger partial charge < -0.3 is 19.7 Å². The molecule has 1 aliphatic carbocycles. The van der Waals surface area contributed by atoms with Crippen LogP contribution in [0, 0.1) is 5.92 Å². The lowest BCUT2D eigenvalue weighted by atomic mass is 9.84. The molecule has 2 aromatic heterocycles. The van der Waals surface area contributed by atoms with Crippen molar-refractivity contribution in [3.63, 3.8) is 0 Å². The van der Waals surface area contributed by atoms with Crippen LogP contribution < -0.4 is 4.74 Å². The van der Waals surface area contributed by atoms with Crippen molar-refractivity contribution in [1.29, 1.82) is 0 Å². The van der Waals surface area contributed by atoms with Crippen molar-refractivity contribution in [2.24, 2.45) is 5.92 Å². The number of rotatable bonds is 4. The summed E-state index contributed by atoms with van der Waals surface area (Å²) in [6.07, 6.45) is -2.52. The third kappa shape index (κ3) is 5.56. The molecule has 4 atom stereocenters. The molecule has 186 valence electrons. The smallest absolute Gasteiger partial charge is 0.435 e. The van der Waals surface area contributed by atoms with Crippen LogP contribution in [0.5, 0.6) is 5.88 Å². The highest BCUT2D eigenvalue weighted by molar-refractivity contribution is 5.62. The molecule has 0 saturated carbocycles. The van der Waals surface area contributed by atoms with E-state index in [-0.39, 0.29) is 6.61 Å². The van der Waals surface area contributed by atoms with Crippen molar-refractivity contribution in [2.45, 2.75) is 71.1 Å². The van der Waals surface area contributed by atoms with E-state index < -0.39 is 42.2 Å². The van der Waals surface area contributed by atoms with Gasteiger partial charge in [-0.05, 0) is 30.4 Å². The number of nitrogens with zero attached hydrogens (tertiary/aromatic N) is 3. The first-order chi connectivity index (χ1) is 16.1. The topological polar surface area (TPSA) is 97.6 Å². The van der Waals surface area contributed by atoms with Crippen LogP contribution in [0.2, 0.25) is 0 Å². The molecule has 2 N–H and O–H groups in total. The fourth-order valence-corrected chi connectivity index (χ4v) is 4.00. The molecule has 4 rings (SSSR count). The molecule has 0 aromatic carbocycles. The van der Waals surface area contributed by atoms with Crippen LogP contribution in [-0.2, 0) is 17.3 Å². The predicted octanol–water partition coefficient (Wildman–Crippen LogP) is 4.14. The Morgan fingerprint density at radius 2 is 1.88 bits per heavy atom. The number of pyridine rings is 1. The Balaban J connectivity index is 0.00000158. The molecular weight excluding hydrogens is 451 g/mol. The third-order valence-electron chi connectivity index (χ3n) is 5.77. The first-order valence-electron chi connectivity index (χ1n) is 11.4. The molecular formula is C24H30F3N3O4. The molecule has 34 heavy (non-hydrogen) atoms. The second-order valence-electron chi connectivity index (χ2n) is 8.27. The van der Waals surface area contributed by atoms with Gasteiger partial charge in [-0.2, -0.15) is 13.2 Å².